The molecule has 0 saturated heterocycles. The number of carbonyl (C=O) groups is 2. The van der Waals surface area contributed by atoms with Crippen LogP contribution >= 0.6 is 0 Å². The molecule has 0 aliphatic heterocycles. The molecule has 0 aromatic carbocycles. The first-order valence-electron chi connectivity index (χ1n) is 9.48. The van der Waals surface area contributed by atoms with Crippen LogP contribution in [0.25, 0.3) is 0 Å². The highest BCUT2D eigenvalue weighted by Crippen LogP contribution is 2.27. The maximum Gasteiger partial charge on any atom is 0.329 e. The monoisotopic (exact) mass is 380 g/mol. The molecule has 1 heterocycles. The zero-order valence-corrected chi connectivity index (χ0v) is 17.1. The highest BCUT2D eigenvalue weighted by atomic mass is 16.5. The van der Waals surface area contributed by atoms with Crippen molar-refractivity contribution in [2.45, 2.75) is 66.0 Å². The molecule has 0 unspecified atom stereocenters. The van der Waals surface area contributed by atoms with E-state index in [1.807, 2.05) is 20.8 Å². The molecule has 0 saturated carbocycles. The molecule has 1 rings (SSSR count). The van der Waals surface area contributed by atoms with Gasteiger partial charge in [-0.05, 0) is 25.2 Å². The smallest absolute Gasteiger partial charge is 0.329 e. The van der Waals surface area contributed by atoms with E-state index in [2.05, 4.69) is 24.1 Å². The Morgan fingerprint density at radius 2 is 1.85 bits per heavy atom. The summed E-state index contributed by atoms with van der Waals surface area (Å²) in [6, 6.07) is 0.605. The number of pyridine rings is 1. The second-order valence-electron chi connectivity index (χ2n) is 7.07. The van der Waals surface area contributed by atoms with Crippen LogP contribution in [0.1, 0.15) is 64.4 Å². The van der Waals surface area contributed by atoms with E-state index >= 15 is 0 Å². The minimum atomic E-state index is -0.839. The van der Waals surface area contributed by atoms with Crippen molar-refractivity contribution in [3.05, 3.63) is 18.0 Å². The molecule has 2 atom stereocenters. The molecule has 1 aromatic rings. The molecule has 7 nitrogen and oxygen atoms in total. The Morgan fingerprint density at radius 3 is 2.37 bits per heavy atom. The Morgan fingerprint density at radius 1 is 1.22 bits per heavy atom. The van der Waals surface area contributed by atoms with Gasteiger partial charge in [-0.25, -0.2) is 9.78 Å². The van der Waals surface area contributed by atoms with E-state index in [1.54, 1.807) is 0 Å². The summed E-state index contributed by atoms with van der Waals surface area (Å²) < 4.78 is 10.5. The first-order valence-corrected chi connectivity index (χ1v) is 9.48. The van der Waals surface area contributed by atoms with Gasteiger partial charge in [-0.3, -0.25) is 4.79 Å². The number of amides is 1. The van der Waals surface area contributed by atoms with Crippen LogP contribution in [0, 0.1) is 11.8 Å². The molecule has 0 aliphatic rings. The van der Waals surface area contributed by atoms with Crippen LogP contribution in [0.15, 0.2) is 12.3 Å². The standard InChI is InChI=1S/C20H32N2O5/c1-7-14(8-2)11-13(5)27-20(25)16(12(3)4)22-19(24)17-18(23)15(26-6)9-10-21-17/h9-10,12-14,16,23H,7-8,11H2,1-6H3,(H,22,24)/t13-,16-/m0/s1. The predicted molar refractivity (Wildman–Crippen MR) is 103 cm³/mol. The van der Waals surface area contributed by atoms with Gasteiger partial charge in [0.1, 0.15) is 6.04 Å². The highest BCUT2D eigenvalue weighted by molar-refractivity contribution is 5.98. The largest absolute Gasteiger partial charge is 0.503 e. The van der Waals surface area contributed by atoms with Crippen molar-refractivity contribution in [1.82, 2.24) is 10.3 Å². The summed E-state index contributed by atoms with van der Waals surface area (Å²) in [4.78, 5) is 29.0. The number of nitrogens with zero attached hydrogens (tertiary/aromatic N) is 1. The number of carbonyl (C=O) groups excluding carboxylic acids is 2. The minimum Gasteiger partial charge on any atom is -0.503 e. The van der Waals surface area contributed by atoms with E-state index in [4.69, 9.17) is 9.47 Å². The lowest BCUT2D eigenvalue weighted by molar-refractivity contribution is -0.152. The molecule has 0 fully saturated rings. The number of ether oxygens (including phenoxy) is 2. The van der Waals surface area contributed by atoms with Gasteiger partial charge < -0.3 is 19.9 Å². The molecule has 2 N–H and O–H groups in total. The van der Waals surface area contributed by atoms with Crippen molar-refractivity contribution in [3.63, 3.8) is 0 Å². The van der Waals surface area contributed by atoms with Crippen LogP contribution in [0.2, 0.25) is 0 Å². The van der Waals surface area contributed by atoms with Crippen LogP contribution in [-0.2, 0) is 9.53 Å². The van der Waals surface area contributed by atoms with E-state index in [0.29, 0.717) is 5.92 Å². The SMILES string of the molecule is CCC(CC)C[C@H](C)OC(=O)[C@@H](NC(=O)c1nccc(OC)c1O)C(C)C. The molecule has 7 heteroatoms. The van der Waals surface area contributed by atoms with Gasteiger partial charge in [0.25, 0.3) is 5.91 Å². The summed E-state index contributed by atoms with van der Waals surface area (Å²) in [7, 11) is 1.38. The number of rotatable bonds is 10. The maximum absolute atomic E-state index is 12.6. The highest BCUT2D eigenvalue weighted by Gasteiger charge is 2.29. The van der Waals surface area contributed by atoms with E-state index in [-0.39, 0.29) is 29.2 Å². The fraction of sp³-hybridized carbons (Fsp3) is 0.650. The van der Waals surface area contributed by atoms with E-state index in [9.17, 15) is 14.7 Å². The Labute approximate surface area is 161 Å². The summed E-state index contributed by atoms with van der Waals surface area (Å²) in [5.41, 5.74) is -0.196. The number of esters is 1. The van der Waals surface area contributed by atoms with Crippen molar-refractivity contribution in [3.8, 4) is 11.5 Å². The average molecular weight is 380 g/mol. The molecule has 0 spiro atoms. The molecule has 0 radical (unpaired) electrons. The fourth-order valence-corrected chi connectivity index (χ4v) is 2.89. The lowest BCUT2D eigenvalue weighted by Gasteiger charge is -2.24. The van der Waals surface area contributed by atoms with E-state index in [0.717, 1.165) is 19.3 Å². The van der Waals surface area contributed by atoms with Crippen molar-refractivity contribution in [2.75, 3.05) is 7.11 Å². The fourth-order valence-electron chi connectivity index (χ4n) is 2.89. The summed E-state index contributed by atoms with van der Waals surface area (Å²) in [5.74, 6) is -1.06. The Bertz CT molecular complexity index is 629. The molecule has 0 aliphatic carbocycles. The van der Waals surface area contributed by atoms with Crippen LogP contribution < -0.4 is 10.1 Å². The van der Waals surface area contributed by atoms with Gasteiger partial charge in [0, 0.05) is 12.3 Å². The lowest BCUT2D eigenvalue weighted by Crippen LogP contribution is -2.46. The topological polar surface area (TPSA) is 97.8 Å². The first-order chi connectivity index (χ1) is 12.7. The van der Waals surface area contributed by atoms with Gasteiger partial charge in [-0.15, -0.1) is 0 Å². The zero-order chi connectivity index (χ0) is 20.6. The third kappa shape index (κ3) is 6.41. The first kappa shape index (κ1) is 22.7. The maximum atomic E-state index is 12.6. The summed E-state index contributed by atoms with van der Waals surface area (Å²) in [6.07, 6.45) is 3.97. The van der Waals surface area contributed by atoms with E-state index in [1.165, 1.54) is 19.4 Å². The summed E-state index contributed by atoms with van der Waals surface area (Å²) in [5, 5.41) is 12.7. The van der Waals surface area contributed by atoms with E-state index < -0.39 is 17.9 Å². The summed E-state index contributed by atoms with van der Waals surface area (Å²) >= 11 is 0. The van der Waals surface area contributed by atoms with Crippen molar-refractivity contribution in [2.24, 2.45) is 11.8 Å². The minimum absolute atomic E-state index is 0.137. The van der Waals surface area contributed by atoms with Crippen LogP contribution in [0.4, 0.5) is 0 Å². The van der Waals surface area contributed by atoms with Crippen molar-refractivity contribution in [1.29, 1.82) is 0 Å². The number of methoxy groups -OCH3 is 1. The van der Waals surface area contributed by atoms with Crippen molar-refractivity contribution >= 4 is 11.9 Å². The molecule has 1 aromatic heterocycles. The third-order valence-electron chi connectivity index (χ3n) is 4.67. The Hall–Kier alpha value is -2.31. The lowest BCUT2D eigenvalue weighted by atomic mass is 9.96. The molecular weight excluding hydrogens is 348 g/mol. The Kier molecular flexibility index (Phi) is 9.05. The van der Waals surface area contributed by atoms with Crippen LogP contribution in [-0.4, -0.2) is 41.2 Å². The van der Waals surface area contributed by atoms with Crippen LogP contribution in [0.3, 0.4) is 0 Å². The predicted octanol–water partition coefficient (Wildman–Crippen LogP) is 3.31. The van der Waals surface area contributed by atoms with Gasteiger partial charge in [-0.2, -0.15) is 0 Å². The normalized spacial score (nSPS) is 13.3. The van der Waals surface area contributed by atoms with Crippen LogP contribution in [0.5, 0.6) is 11.5 Å². The second-order valence-corrected chi connectivity index (χ2v) is 7.07. The number of aromatic hydroxyl groups is 1. The Balaban J connectivity index is 2.84. The van der Waals surface area contributed by atoms with Crippen molar-refractivity contribution < 1.29 is 24.2 Å². The average Bonchev–Trinajstić information content (AvgIpc) is 2.63. The van der Waals surface area contributed by atoms with Gasteiger partial charge in [0.15, 0.2) is 17.2 Å². The molecule has 152 valence electrons. The van der Waals surface area contributed by atoms with Gasteiger partial charge in [-0.1, -0.05) is 40.5 Å². The summed E-state index contributed by atoms with van der Waals surface area (Å²) in [6.45, 7) is 9.74. The molecule has 27 heavy (non-hydrogen) atoms. The molecule has 0 bridgehead atoms. The van der Waals surface area contributed by atoms with Gasteiger partial charge >= 0.3 is 5.97 Å². The van der Waals surface area contributed by atoms with Gasteiger partial charge in [0.2, 0.25) is 0 Å². The number of hydrogen-bond acceptors (Lipinski definition) is 6. The number of aromatic nitrogens is 1. The molecular formula is C20H32N2O5. The quantitative estimate of drug-likeness (QED) is 0.604. The van der Waals surface area contributed by atoms with Gasteiger partial charge in [0.05, 0.1) is 13.2 Å². The zero-order valence-electron chi connectivity index (χ0n) is 17.1. The third-order valence-corrected chi connectivity index (χ3v) is 4.67. The molecule has 1 amide bonds. The number of hydrogen-bond donors (Lipinski definition) is 2. The number of nitrogens with one attached hydrogen (secondary N) is 1. The second kappa shape index (κ2) is 10.7.